The zero-order chi connectivity index (χ0) is 12.8. The molecular weight excluding hydrogens is 254 g/mol. The Kier molecular flexibility index (Phi) is 2.91. The molecule has 1 aromatic heterocycles. The number of hydrogen-bond donors (Lipinski definition) is 1. The Morgan fingerprint density at radius 1 is 1.39 bits per heavy atom. The molecule has 0 aromatic carbocycles. The molecule has 1 aliphatic heterocycles. The second-order valence-electron chi connectivity index (χ2n) is 4.96. The highest BCUT2D eigenvalue weighted by atomic mass is 32.2. The average molecular weight is 271 g/mol. The minimum atomic E-state index is -3.26. The molecule has 0 radical (unpaired) electrons. The molecule has 0 saturated heterocycles. The predicted octanol–water partition coefficient (Wildman–Crippen LogP) is -0.0581. The van der Waals surface area contributed by atoms with Gasteiger partial charge in [-0.2, -0.15) is 9.40 Å². The topological polar surface area (TPSA) is 75.4 Å². The summed E-state index contributed by atoms with van der Waals surface area (Å²) in [6, 6.07) is 1.52. The number of aliphatic hydroxyl groups is 1. The van der Waals surface area contributed by atoms with E-state index in [2.05, 4.69) is 5.10 Å². The second kappa shape index (κ2) is 4.32. The Labute approximate surface area is 106 Å². The molecule has 1 saturated carbocycles. The molecule has 7 heteroatoms. The highest BCUT2D eigenvalue weighted by molar-refractivity contribution is 7.90. The smallest absolute Gasteiger partial charge is 0.217 e. The van der Waals surface area contributed by atoms with E-state index < -0.39 is 10.0 Å². The van der Waals surface area contributed by atoms with Crippen molar-refractivity contribution in [2.75, 3.05) is 6.61 Å². The van der Waals surface area contributed by atoms with Crippen molar-refractivity contribution < 1.29 is 13.5 Å². The van der Waals surface area contributed by atoms with Crippen LogP contribution in [0, 0.1) is 0 Å². The first-order valence-electron chi connectivity index (χ1n) is 6.25. The first kappa shape index (κ1) is 12.1. The summed E-state index contributed by atoms with van der Waals surface area (Å²) in [5, 5.41) is 13.4. The fourth-order valence-electron chi connectivity index (χ4n) is 2.44. The molecule has 0 spiro atoms. The third-order valence-corrected chi connectivity index (χ3v) is 6.08. The van der Waals surface area contributed by atoms with Gasteiger partial charge in [0.1, 0.15) is 0 Å². The molecular formula is C11H17N3O3S. The van der Waals surface area contributed by atoms with Gasteiger partial charge in [-0.15, -0.1) is 0 Å². The van der Waals surface area contributed by atoms with Crippen LogP contribution in [0.1, 0.15) is 25.0 Å². The van der Waals surface area contributed by atoms with Crippen LogP contribution in [0.15, 0.2) is 12.3 Å². The summed E-state index contributed by atoms with van der Waals surface area (Å²) in [7, 11) is -3.26. The molecule has 0 bridgehead atoms. The molecule has 18 heavy (non-hydrogen) atoms. The molecule has 2 heterocycles. The number of fused-ring (bicyclic) bond motifs is 1. The summed E-state index contributed by atoms with van der Waals surface area (Å²) in [5.41, 5.74) is 0.898. The molecule has 1 atom stereocenters. The van der Waals surface area contributed by atoms with E-state index in [1.54, 1.807) is 6.20 Å². The van der Waals surface area contributed by atoms with Gasteiger partial charge >= 0.3 is 0 Å². The lowest BCUT2D eigenvalue weighted by atomic mass is 10.2. The van der Waals surface area contributed by atoms with Gasteiger partial charge in [-0.05, 0) is 25.3 Å². The Bertz CT molecular complexity index is 535. The minimum absolute atomic E-state index is 0.128. The number of aromatic nitrogens is 2. The van der Waals surface area contributed by atoms with Crippen LogP contribution in [0.3, 0.4) is 0 Å². The van der Waals surface area contributed by atoms with E-state index in [1.807, 2.05) is 10.7 Å². The number of nitrogens with zero attached hydrogens (tertiary/aromatic N) is 3. The van der Waals surface area contributed by atoms with Gasteiger partial charge in [0.25, 0.3) is 0 Å². The maximum atomic E-state index is 12.4. The molecule has 1 N–H and O–H groups in total. The van der Waals surface area contributed by atoms with E-state index >= 15 is 0 Å². The van der Waals surface area contributed by atoms with Crippen LogP contribution in [0.25, 0.3) is 0 Å². The minimum Gasteiger partial charge on any atom is -0.395 e. The van der Waals surface area contributed by atoms with E-state index in [0.717, 1.165) is 18.5 Å². The molecule has 1 fully saturated rings. The third-order valence-electron chi connectivity index (χ3n) is 3.69. The van der Waals surface area contributed by atoms with Crippen LogP contribution >= 0.6 is 0 Å². The van der Waals surface area contributed by atoms with Crippen LogP contribution in [0.5, 0.6) is 0 Å². The lowest BCUT2D eigenvalue weighted by Gasteiger charge is -2.27. The zero-order valence-electron chi connectivity index (χ0n) is 10.1. The SMILES string of the molecule is O=S(=O)(C1CC1)N1Cc2ccnn2CCC1CO. The average Bonchev–Trinajstić information content (AvgIpc) is 3.14. The molecule has 1 unspecified atom stereocenters. The summed E-state index contributed by atoms with van der Waals surface area (Å²) >= 11 is 0. The highest BCUT2D eigenvalue weighted by Gasteiger charge is 2.43. The van der Waals surface area contributed by atoms with Gasteiger partial charge in [0.05, 0.1) is 30.1 Å². The summed E-state index contributed by atoms with van der Waals surface area (Å²) in [4.78, 5) is 0. The molecule has 3 rings (SSSR count). The largest absolute Gasteiger partial charge is 0.395 e. The van der Waals surface area contributed by atoms with Crippen molar-refractivity contribution in [3.8, 4) is 0 Å². The first-order chi connectivity index (χ1) is 8.63. The van der Waals surface area contributed by atoms with E-state index in [-0.39, 0.29) is 17.9 Å². The van der Waals surface area contributed by atoms with Crippen LogP contribution in [-0.2, 0) is 23.1 Å². The monoisotopic (exact) mass is 271 g/mol. The standard InChI is InChI=1S/C11H17N3O3S/c15-8-10-4-6-13-9(3-5-12-13)7-14(10)18(16,17)11-1-2-11/h3,5,10-11,15H,1-2,4,6-8H2. The Balaban J connectivity index is 1.94. The van der Waals surface area contributed by atoms with Crippen molar-refractivity contribution in [3.05, 3.63) is 18.0 Å². The van der Waals surface area contributed by atoms with Crippen LogP contribution < -0.4 is 0 Å². The summed E-state index contributed by atoms with van der Waals surface area (Å²) in [6.07, 6.45) is 3.79. The van der Waals surface area contributed by atoms with Crippen molar-refractivity contribution in [1.82, 2.24) is 14.1 Å². The van der Waals surface area contributed by atoms with Gasteiger partial charge in [-0.3, -0.25) is 4.68 Å². The van der Waals surface area contributed by atoms with Gasteiger partial charge < -0.3 is 5.11 Å². The fourth-order valence-corrected chi connectivity index (χ4v) is 4.45. The van der Waals surface area contributed by atoms with E-state index in [1.165, 1.54) is 4.31 Å². The van der Waals surface area contributed by atoms with Crippen LogP contribution in [0.2, 0.25) is 0 Å². The number of rotatable bonds is 3. The summed E-state index contributed by atoms with van der Waals surface area (Å²) in [5.74, 6) is 0. The maximum Gasteiger partial charge on any atom is 0.217 e. The maximum absolute atomic E-state index is 12.4. The Morgan fingerprint density at radius 2 is 2.17 bits per heavy atom. The van der Waals surface area contributed by atoms with E-state index in [4.69, 9.17) is 0 Å². The Morgan fingerprint density at radius 3 is 2.83 bits per heavy atom. The normalized spacial score (nSPS) is 25.7. The van der Waals surface area contributed by atoms with Crippen molar-refractivity contribution in [1.29, 1.82) is 0 Å². The second-order valence-corrected chi connectivity index (χ2v) is 7.13. The van der Waals surface area contributed by atoms with Gasteiger partial charge in [0, 0.05) is 12.7 Å². The molecule has 2 aliphatic rings. The van der Waals surface area contributed by atoms with Crippen molar-refractivity contribution in [3.63, 3.8) is 0 Å². The molecule has 1 aliphatic carbocycles. The lowest BCUT2D eigenvalue weighted by Crippen LogP contribution is -2.42. The van der Waals surface area contributed by atoms with Gasteiger partial charge in [0.15, 0.2) is 0 Å². The van der Waals surface area contributed by atoms with Crippen molar-refractivity contribution >= 4 is 10.0 Å². The van der Waals surface area contributed by atoms with E-state index in [9.17, 15) is 13.5 Å². The van der Waals surface area contributed by atoms with Crippen molar-refractivity contribution in [2.24, 2.45) is 0 Å². The van der Waals surface area contributed by atoms with Crippen LogP contribution in [-0.4, -0.2) is 45.5 Å². The van der Waals surface area contributed by atoms with Gasteiger partial charge in [-0.25, -0.2) is 8.42 Å². The number of sulfonamides is 1. The number of aliphatic hydroxyl groups excluding tert-OH is 1. The number of aryl methyl sites for hydroxylation is 1. The molecule has 100 valence electrons. The number of hydrogen-bond acceptors (Lipinski definition) is 4. The summed E-state index contributed by atoms with van der Waals surface area (Å²) in [6.45, 7) is 0.852. The third kappa shape index (κ3) is 1.96. The van der Waals surface area contributed by atoms with Crippen molar-refractivity contribution in [2.45, 2.75) is 43.6 Å². The quantitative estimate of drug-likeness (QED) is 0.836. The molecule has 1 aromatic rings. The Hall–Kier alpha value is -0.920. The van der Waals surface area contributed by atoms with E-state index in [0.29, 0.717) is 19.5 Å². The highest BCUT2D eigenvalue weighted by Crippen LogP contribution is 2.34. The zero-order valence-corrected chi connectivity index (χ0v) is 10.9. The predicted molar refractivity (Wildman–Crippen MR) is 65.2 cm³/mol. The molecule has 0 amide bonds. The first-order valence-corrected chi connectivity index (χ1v) is 7.75. The van der Waals surface area contributed by atoms with Gasteiger partial charge in [0.2, 0.25) is 10.0 Å². The fraction of sp³-hybridized carbons (Fsp3) is 0.727. The molecule has 6 nitrogen and oxygen atoms in total. The van der Waals surface area contributed by atoms with Crippen LogP contribution in [0.4, 0.5) is 0 Å². The van der Waals surface area contributed by atoms with Gasteiger partial charge in [-0.1, -0.05) is 0 Å². The summed E-state index contributed by atoms with van der Waals surface area (Å²) < 4.78 is 28.1. The lowest BCUT2D eigenvalue weighted by molar-refractivity contribution is 0.178.